The summed E-state index contributed by atoms with van der Waals surface area (Å²) in [5, 5.41) is 7.39. The number of carbonyl (C=O) groups is 1. The largest absolute Gasteiger partial charge is 0.493 e. The van der Waals surface area contributed by atoms with Crippen molar-refractivity contribution in [3.05, 3.63) is 64.6 Å². The first-order chi connectivity index (χ1) is 15.0. The molecule has 31 heavy (non-hydrogen) atoms. The monoisotopic (exact) mass is 419 g/mol. The third kappa shape index (κ3) is 4.11. The number of amides is 1. The zero-order valence-electron chi connectivity index (χ0n) is 17.3. The summed E-state index contributed by atoms with van der Waals surface area (Å²) in [5.74, 6) is 1.25. The molecule has 158 valence electrons. The van der Waals surface area contributed by atoms with E-state index in [1.165, 1.54) is 0 Å². The van der Waals surface area contributed by atoms with E-state index in [2.05, 4.69) is 20.4 Å². The molecule has 9 heteroatoms. The maximum Gasteiger partial charge on any atom is 0.417 e. The highest BCUT2D eigenvalue weighted by Gasteiger charge is 2.17. The van der Waals surface area contributed by atoms with Crippen molar-refractivity contribution in [3.63, 3.8) is 0 Å². The van der Waals surface area contributed by atoms with E-state index in [9.17, 15) is 9.59 Å². The number of rotatable bonds is 5. The van der Waals surface area contributed by atoms with Crippen molar-refractivity contribution >= 4 is 22.8 Å². The molecule has 1 amide bonds. The van der Waals surface area contributed by atoms with Gasteiger partial charge in [0.25, 0.3) is 5.56 Å². The molecule has 0 saturated heterocycles. The standard InChI is InChI=1S/C22H21N5O4/c1-4-30-17-11-10-14(23-22(29)31-15-8-6-5-7-9-15)12-16(17)19-24-20-18(21(28)25-19)13(2)26-27(20)3/h5-12H,4H2,1-3H3,(H,23,29)(H,24,25,28). The molecule has 0 spiro atoms. The van der Waals surface area contributed by atoms with Gasteiger partial charge in [0.05, 0.1) is 17.9 Å². The fraction of sp³-hybridized carbons (Fsp3) is 0.182. The molecule has 0 saturated carbocycles. The summed E-state index contributed by atoms with van der Waals surface area (Å²) >= 11 is 0. The Hall–Kier alpha value is -4.14. The number of carbonyl (C=O) groups excluding carboxylic acids is 1. The highest BCUT2D eigenvalue weighted by molar-refractivity contribution is 5.88. The van der Waals surface area contributed by atoms with Crippen molar-refractivity contribution in [2.45, 2.75) is 13.8 Å². The minimum Gasteiger partial charge on any atom is -0.493 e. The number of aryl methyl sites for hydroxylation is 2. The molecule has 2 aromatic heterocycles. The lowest BCUT2D eigenvalue weighted by Gasteiger charge is -2.13. The van der Waals surface area contributed by atoms with E-state index in [4.69, 9.17) is 9.47 Å². The van der Waals surface area contributed by atoms with Crippen LogP contribution in [0.2, 0.25) is 0 Å². The van der Waals surface area contributed by atoms with E-state index in [1.807, 2.05) is 13.0 Å². The van der Waals surface area contributed by atoms with Gasteiger partial charge in [-0.25, -0.2) is 14.5 Å². The van der Waals surface area contributed by atoms with E-state index in [-0.39, 0.29) is 5.56 Å². The highest BCUT2D eigenvalue weighted by Crippen LogP contribution is 2.31. The number of benzene rings is 2. The number of aromatic nitrogens is 4. The third-order valence-corrected chi connectivity index (χ3v) is 4.60. The van der Waals surface area contributed by atoms with Gasteiger partial charge in [-0.15, -0.1) is 0 Å². The molecule has 2 aromatic carbocycles. The number of para-hydroxylation sites is 1. The molecule has 4 aromatic rings. The van der Waals surface area contributed by atoms with Gasteiger partial charge in [-0.2, -0.15) is 5.10 Å². The second-order valence-electron chi connectivity index (χ2n) is 6.79. The molecular weight excluding hydrogens is 398 g/mol. The van der Waals surface area contributed by atoms with Crippen molar-refractivity contribution in [2.24, 2.45) is 7.05 Å². The van der Waals surface area contributed by atoms with Crippen LogP contribution in [-0.2, 0) is 7.05 Å². The van der Waals surface area contributed by atoms with E-state index in [0.29, 0.717) is 51.9 Å². The molecule has 2 heterocycles. The second kappa shape index (κ2) is 8.31. The average molecular weight is 419 g/mol. The summed E-state index contributed by atoms with van der Waals surface area (Å²) < 4.78 is 12.5. The molecule has 0 aliphatic heterocycles. The van der Waals surface area contributed by atoms with Crippen LogP contribution in [-0.4, -0.2) is 32.4 Å². The van der Waals surface area contributed by atoms with Crippen molar-refractivity contribution < 1.29 is 14.3 Å². The number of nitrogens with one attached hydrogen (secondary N) is 2. The Bertz CT molecular complexity index is 1310. The van der Waals surface area contributed by atoms with Crippen LogP contribution in [0.4, 0.5) is 10.5 Å². The Morgan fingerprint density at radius 3 is 2.71 bits per heavy atom. The van der Waals surface area contributed by atoms with E-state index in [0.717, 1.165) is 0 Å². The van der Waals surface area contributed by atoms with Crippen LogP contribution in [0.25, 0.3) is 22.4 Å². The van der Waals surface area contributed by atoms with Crippen LogP contribution in [0, 0.1) is 6.92 Å². The summed E-state index contributed by atoms with van der Waals surface area (Å²) in [5.41, 5.74) is 1.75. The van der Waals surface area contributed by atoms with Crippen molar-refractivity contribution in [3.8, 4) is 22.9 Å². The van der Waals surface area contributed by atoms with Gasteiger partial charge in [-0.1, -0.05) is 18.2 Å². The van der Waals surface area contributed by atoms with Crippen LogP contribution in [0.3, 0.4) is 0 Å². The lowest BCUT2D eigenvalue weighted by molar-refractivity contribution is 0.215. The number of anilines is 1. The number of nitrogens with zero attached hydrogens (tertiary/aromatic N) is 3. The van der Waals surface area contributed by atoms with Gasteiger partial charge in [0, 0.05) is 12.7 Å². The Kier molecular flexibility index (Phi) is 5.40. The number of hydrogen-bond donors (Lipinski definition) is 2. The lowest BCUT2D eigenvalue weighted by atomic mass is 10.1. The second-order valence-corrected chi connectivity index (χ2v) is 6.79. The first kappa shape index (κ1) is 20.1. The van der Waals surface area contributed by atoms with Crippen molar-refractivity contribution in [1.29, 1.82) is 0 Å². The molecule has 0 unspecified atom stereocenters. The molecule has 0 radical (unpaired) electrons. The predicted molar refractivity (Wildman–Crippen MR) is 117 cm³/mol. The minimum atomic E-state index is -0.638. The van der Waals surface area contributed by atoms with Gasteiger partial charge < -0.3 is 14.5 Å². The smallest absolute Gasteiger partial charge is 0.417 e. The first-order valence-electron chi connectivity index (χ1n) is 9.71. The maximum atomic E-state index is 12.7. The van der Waals surface area contributed by atoms with E-state index < -0.39 is 6.09 Å². The number of aromatic amines is 1. The van der Waals surface area contributed by atoms with Gasteiger partial charge in [0.1, 0.15) is 22.7 Å². The molecule has 2 N–H and O–H groups in total. The molecule has 4 rings (SSSR count). The van der Waals surface area contributed by atoms with Crippen molar-refractivity contribution in [1.82, 2.24) is 19.7 Å². The fourth-order valence-electron chi connectivity index (χ4n) is 3.28. The number of fused-ring (bicyclic) bond motifs is 1. The summed E-state index contributed by atoms with van der Waals surface area (Å²) in [6.45, 7) is 4.04. The summed E-state index contributed by atoms with van der Waals surface area (Å²) in [6, 6.07) is 13.8. The van der Waals surface area contributed by atoms with E-state index in [1.54, 1.807) is 61.1 Å². The zero-order valence-corrected chi connectivity index (χ0v) is 17.3. The Morgan fingerprint density at radius 1 is 1.19 bits per heavy atom. The van der Waals surface area contributed by atoms with Gasteiger partial charge in [-0.05, 0) is 44.2 Å². The summed E-state index contributed by atoms with van der Waals surface area (Å²) in [4.78, 5) is 32.3. The van der Waals surface area contributed by atoms with Crippen molar-refractivity contribution in [2.75, 3.05) is 11.9 Å². The van der Waals surface area contributed by atoms with E-state index >= 15 is 0 Å². The molecule has 0 fully saturated rings. The highest BCUT2D eigenvalue weighted by atomic mass is 16.6. The minimum absolute atomic E-state index is 0.296. The topological polar surface area (TPSA) is 111 Å². The molecule has 0 aliphatic rings. The molecular formula is C22H21N5O4. The first-order valence-corrected chi connectivity index (χ1v) is 9.71. The SMILES string of the molecule is CCOc1ccc(NC(=O)Oc2ccccc2)cc1-c1nc2c(c(C)nn2C)c(=O)[nH]1. The maximum absolute atomic E-state index is 12.7. The molecule has 0 aliphatic carbocycles. The number of H-pyrrole nitrogens is 1. The number of hydrogen-bond acceptors (Lipinski definition) is 6. The van der Waals surface area contributed by atoms with Gasteiger partial charge in [0.2, 0.25) is 0 Å². The lowest BCUT2D eigenvalue weighted by Crippen LogP contribution is -2.17. The average Bonchev–Trinajstić information content (AvgIpc) is 3.04. The fourth-order valence-corrected chi connectivity index (χ4v) is 3.28. The van der Waals surface area contributed by atoms with Gasteiger partial charge >= 0.3 is 6.09 Å². The summed E-state index contributed by atoms with van der Waals surface area (Å²) in [7, 11) is 1.73. The Morgan fingerprint density at radius 2 is 1.97 bits per heavy atom. The Balaban J connectivity index is 1.71. The molecule has 0 atom stereocenters. The zero-order chi connectivity index (χ0) is 22.0. The van der Waals surface area contributed by atoms with Crippen LogP contribution in [0.1, 0.15) is 12.6 Å². The van der Waals surface area contributed by atoms with Crippen LogP contribution in [0.15, 0.2) is 53.3 Å². The molecule has 0 bridgehead atoms. The van der Waals surface area contributed by atoms with Crippen LogP contribution < -0.4 is 20.3 Å². The van der Waals surface area contributed by atoms with Crippen LogP contribution in [0.5, 0.6) is 11.5 Å². The number of ether oxygens (including phenoxy) is 2. The third-order valence-electron chi connectivity index (χ3n) is 4.60. The summed E-state index contributed by atoms with van der Waals surface area (Å²) in [6.07, 6.45) is -0.638. The van der Waals surface area contributed by atoms with Crippen LogP contribution >= 0.6 is 0 Å². The normalized spacial score (nSPS) is 10.8. The van der Waals surface area contributed by atoms with Gasteiger partial charge in [0.15, 0.2) is 5.65 Å². The predicted octanol–water partition coefficient (Wildman–Crippen LogP) is 3.64. The molecule has 9 nitrogen and oxygen atoms in total. The quantitative estimate of drug-likeness (QED) is 0.511. The van der Waals surface area contributed by atoms with Gasteiger partial charge in [-0.3, -0.25) is 10.1 Å². The Labute approximate surface area is 177 Å².